The van der Waals surface area contributed by atoms with Crippen LogP contribution in [0.15, 0.2) is 18.2 Å². The Kier molecular flexibility index (Phi) is 4.46. The van der Waals surface area contributed by atoms with Crippen molar-refractivity contribution in [2.24, 2.45) is 0 Å². The molecule has 1 aliphatic heterocycles. The minimum Gasteiger partial charge on any atom is -0.322 e. The Morgan fingerprint density at radius 2 is 2.11 bits per heavy atom. The lowest BCUT2D eigenvalue weighted by molar-refractivity contribution is 0.160. The van der Waals surface area contributed by atoms with Crippen LogP contribution >= 0.6 is 0 Å². The molecule has 1 unspecified atom stereocenters. The number of hydrogen-bond donors (Lipinski definition) is 1. The van der Waals surface area contributed by atoms with Gasteiger partial charge in [0.25, 0.3) is 0 Å². The second-order valence-electron chi connectivity index (χ2n) is 5.48. The zero-order valence-electron chi connectivity index (χ0n) is 12.2. The second-order valence-corrected chi connectivity index (χ2v) is 5.48. The van der Waals surface area contributed by atoms with Gasteiger partial charge in [0.2, 0.25) is 0 Å². The molecule has 1 aromatic rings. The van der Waals surface area contributed by atoms with Gasteiger partial charge in [-0.3, -0.25) is 0 Å². The number of aryl methyl sites for hydroxylation is 2. The lowest BCUT2D eigenvalue weighted by Gasteiger charge is -2.35. The molecule has 0 spiro atoms. The molecule has 0 aromatic heterocycles. The molecule has 1 saturated heterocycles. The van der Waals surface area contributed by atoms with Gasteiger partial charge in [-0.1, -0.05) is 13.0 Å². The van der Waals surface area contributed by atoms with Crippen LogP contribution in [0.1, 0.15) is 43.7 Å². The van der Waals surface area contributed by atoms with Gasteiger partial charge in [0.15, 0.2) is 0 Å². The predicted octanol–water partition coefficient (Wildman–Crippen LogP) is 4.10. The topological polar surface area (TPSA) is 32.3 Å². The van der Waals surface area contributed by atoms with Crippen molar-refractivity contribution < 1.29 is 4.79 Å². The summed E-state index contributed by atoms with van der Waals surface area (Å²) in [5, 5.41) is 3.03. The molecule has 19 heavy (non-hydrogen) atoms. The summed E-state index contributed by atoms with van der Waals surface area (Å²) in [4.78, 5) is 14.3. The van der Waals surface area contributed by atoms with E-state index in [0.717, 1.165) is 31.5 Å². The van der Waals surface area contributed by atoms with E-state index in [0.29, 0.717) is 6.04 Å². The summed E-state index contributed by atoms with van der Waals surface area (Å²) in [6.07, 6.45) is 4.54. The van der Waals surface area contributed by atoms with Crippen LogP contribution in [-0.4, -0.2) is 23.5 Å². The first kappa shape index (κ1) is 13.9. The maximum Gasteiger partial charge on any atom is 0.322 e. The molecule has 0 aliphatic carbocycles. The lowest BCUT2D eigenvalue weighted by Crippen LogP contribution is -2.45. The average molecular weight is 260 g/mol. The standard InChI is InChI=1S/C16H24N2O/c1-4-15-7-5-6-10-18(15)16(19)17-14-9-8-12(2)13(3)11-14/h8-9,11,15H,4-7,10H2,1-3H3,(H,17,19). The van der Waals surface area contributed by atoms with Crippen LogP contribution in [0.25, 0.3) is 0 Å². The number of benzene rings is 1. The normalized spacial score (nSPS) is 19.3. The molecule has 1 heterocycles. The van der Waals surface area contributed by atoms with E-state index >= 15 is 0 Å². The van der Waals surface area contributed by atoms with E-state index < -0.39 is 0 Å². The van der Waals surface area contributed by atoms with Gasteiger partial charge in [0.1, 0.15) is 0 Å². The Bertz CT molecular complexity index is 456. The van der Waals surface area contributed by atoms with Gasteiger partial charge in [-0.15, -0.1) is 0 Å². The predicted molar refractivity (Wildman–Crippen MR) is 79.6 cm³/mol. The maximum atomic E-state index is 12.3. The highest BCUT2D eigenvalue weighted by atomic mass is 16.2. The summed E-state index contributed by atoms with van der Waals surface area (Å²) in [5.74, 6) is 0. The van der Waals surface area contributed by atoms with E-state index in [4.69, 9.17) is 0 Å². The molecule has 1 atom stereocenters. The molecule has 0 bridgehead atoms. The molecule has 1 fully saturated rings. The first-order valence-corrected chi connectivity index (χ1v) is 7.26. The number of nitrogens with one attached hydrogen (secondary N) is 1. The third-order valence-corrected chi connectivity index (χ3v) is 4.12. The summed E-state index contributed by atoms with van der Waals surface area (Å²) in [6.45, 7) is 7.20. The van der Waals surface area contributed by atoms with Crippen LogP contribution in [0.5, 0.6) is 0 Å². The Morgan fingerprint density at radius 3 is 2.79 bits per heavy atom. The molecule has 3 heteroatoms. The summed E-state index contributed by atoms with van der Waals surface area (Å²) >= 11 is 0. The van der Waals surface area contributed by atoms with Crippen molar-refractivity contribution in [2.75, 3.05) is 11.9 Å². The number of carbonyl (C=O) groups excluding carboxylic acids is 1. The molecule has 3 nitrogen and oxygen atoms in total. The highest BCUT2D eigenvalue weighted by Gasteiger charge is 2.25. The summed E-state index contributed by atoms with van der Waals surface area (Å²) in [5.41, 5.74) is 3.36. The van der Waals surface area contributed by atoms with Crippen molar-refractivity contribution in [1.29, 1.82) is 0 Å². The van der Waals surface area contributed by atoms with E-state index in [1.165, 1.54) is 17.5 Å². The summed E-state index contributed by atoms with van der Waals surface area (Å²) in [7, 11) is 0. The van der Waals surface area contributed by atoms with Gasteiger partial charge in [0, 0.05) is 18.3 Å². The molecule has 0 radical (unpaired) electrons. The Hall–Kier alpha value is -1.51. The van der Waals surface area contributed by atoms with E-state index in [1.807, 2.05) is 17.0 Å². The molecular weight excluding hydrogens is 236 g/mol. The van der Waals surface area contributed by atoms with E-state index in [9.17, 15) is 4.79 Å². The number of hydrogen-bond acceptors (Lipinski definition) is 1. The number of piperidine rings is 1. The van der Waals surface area contributed by atoms with Crippen LogP contribution in [0.2, 0.25) is 0 Å². The number of rotatable bonds is 2. The van der Waals surface area contributed by atoms with Gasteiger partial charge in [-0.05, 0) is 62.8 Å². The number of urea groups is 1. The number of amides is 2. The maximum absolute atomic E-state index is 12.3. The molecule has 1 aliphatic rings. The van der Waals surface area contributed by atoms with Crippen LogP contribution in [0.3, 0.4) is 0 Å². The first-order valence-electron chi connectivity index (χ1n) is 7.26. The highest BCUT2D eigenvalue weighted by molar-refractivity contribution is 5.89. The Morgan fingerprint density at radius 1 is 1.32 bits per heavy atom. The van der Waals surface area contributed by atoms with Crippen LogP contribution in [-0.2, 0) is 0 Å². The highest BCUT2D eigenvalue weighted by Crippen LogP contribution is 2.21. The van der Waals surface area contributed by atoms with E-state index in [2.05, 4.69) is 32.2 Å². The number of nitrogens with zero attached hydrogens (tertiary/aromatic N) is 1. The Labute approximate surface area is 116 Å². The monoisotopic (exact) mass is 260 g/mol. The lowest BCUT2D eigenvalue weighted by atomic mass is 10.0. The SMILES string of the molecule is CCC1CCCCN1C(=O)Nc1ccc(C)c(C)c1. The molecule has 104 valence electrons. The third-order valence-electron chi connectivity index (χ3n) is 4.12. The molecule has 1 aromatic carbocycles. The van der Waals surface area contributed by atoms with Gasteiger partial charge >= 0.3 is 6.03 Å². The van der Waals surface area contributed by atoms with E-state index in [1.54, 1.807) is 0 Å². The number of likely N-dealkylation sites (tertiary alicyclic amines) is 1. The molecule has 2 rings (SSSR count). The van der Waals surface area contributed by atoms with Crippen molar-refractivity contribution in [2.45, 2.75) is 52.5 Å². The van der Waals surface area contributed by atoms with Gasteiger partial charge < -0.3 is 10.2 Å². The average Bonchev–Trinajstić information content (AvgIpc) is 2.43. The smallest absolute Gasteiger partial charge is 0.322 e. The Balaban J connectivity index is 2.05. The summed E-state index contributed by atoms with van der Waals surface area (Å²) < 4.78 is 0. The fourth-order valence-electron chi connectivity index (χ4n) is 2.71. The molecular formula is C16H24N2O. The fraction of sp³-hybridized carbons (Fsp3) is 0.562. The fourth-order valence-corrected chi connectivity index (χ4v) is 2.71. The van der Waals surface area contributed by atoms with E-state index in [-0.39, 0.29) is 6.03 Å². The van der Waals surface area contributed by atoms with Gasteiger partial charge in [-0.2, -0.15) is 0 Å². The molecule has 2 amide bonds. The zero-order chi connectivity index (χ0) is 13.8. The second kappa shape index (κ2) is 6.09. The molecule has 0 saturated carbocycles. The van der Waals surface area contributed by atoms with Crippen LogP contribution in [0, 0.1) is 13.8 Å². The minimum atomic E-state index is 0.0507. The zero-order valence-corrected chi connectivity index (χ0v) is 12.2. The quantitative estimate of drug-likeness (QED) is 0.853. The van der Waals surface area contributed by atoms with Crippen LogP contribution < -0.4 is 5.32 Å². The molecule has 1 N–H and O–H groups in total. The first-order chi connectivity index (χ1) is 9.11. The largest absolute Gasteiger partial charge is 0.322 e. The van der Waals surface area contributed by atoms with Crippen molar-refractivity contribution in [3.8, 4) is 0 Å². The van der Waals surface area contributed by atoms with Gasteiger partial charge in [0.05, 0.1) is 0 Å². The van der Waals surface area contributed by atoms with Crippen molar-refractivity contribution in [3.05, 3.63) is 29.3 Å². The van der Waals surface area contributed by atoms with Crippen molar-refractivity contribution in [1.82, 2.24) is 4.90 Å². The van der Waals surface area contributed by atoms with Crippen molar-refractivity contribution >= 4 is 11.7 Å². The van der Waals surface area contributed by atoms with Gasteiger partial charge in [-0.25, -0.2) is 4.79 Å². The van der Waals surface area contributed by atoms with Crippen LogP contribution in [0.4, 0.5) is 10.5 Å². The van der Waals surface area contributed by atoms with Crippen molar-refractivity contribution in [3.63, 3.8) is 0 Å². The minimum absolute atomic E-state index is 0.0507. The number of anilines is 1. The third kappa shape index (κ3) is 3.28. The number of carbonyl (C=O) groups is 1. The summed E-state index contributed by atoms with van der Waals surface area (Å²) in [6, 6.07) is 6.52.